The molecular formula is C22H27NO3. The molecule has 0 saturated carbocycles. The molecule has 0 atom stereocenters. The minimum absolute atomic E-state index is 0.213. The van der Waals surface area contributed by atoms with E-state index in [0.29, 0.717) is 13.0 Å². The smallest absolute Gasteiger partial charge is 0.223 e. The Morgan fingerprint density at radius 2 is 1.73 bits per heavy atom. The van der Waals surface area contributed by atoms with Crippen molar-refractivity contribution >= 4 is 5.91 Å². The van der Waals surface area contributed by atoms with Crippen LogP contribution in [0.15, 0.2) is 30.3 Å². The van der Waals surface area contributed by atoms with Crippen molar-refractivity contribution in [3.05, 3.63) is 58.1 Å². The van der Waals surface area contributed by atoms with E-state index in [9.17, 15) is 4.79 Å². The van der Waals surface area contributed by atoms with Gasteiger partial charge < -0.3 is 14.4 Å². The van der Waals surface area contributed by atoms with Crippen LogP contribution in [-0.4, -0.2) is 31.6 Å². The molecule has 26 heavy (non-hydrogen) atoms. The largest absolute Gasteiger partial charge is 0.493 e. The average Bonchev–Trinajstić information content (AvgIpc) is 2.65. The van der Waals surface area contributed by atoms with E-state index < -0.39 is 0 Å². The lowest BCUT2D eigenvalue weighted by molar-refractivity contribution is -0.132. The third kappa shape index (κ3) is 3.85. The summed E-state index contributed by atoms with van der Waals surface area (Å²) in [7, 11) is 3.29. The van der Waals surface area contributed by atoms with Crippen molar-refractivity contribution in [3.8, 4) is 11.5 Å². The van der Waals surface area contributed by atoms with Crippen molar-refractivity contribution in [2.45, 2.75) is 39.7 Å². The van der Waals surface area contributed by atoms with Gasteiger partial charge >= 0.3 is 0 Å². The second-order valence-corrected chi connectivity index (χ2v) is 6.97. The summed E-state index contributed by atoms with van der Waals surface area (Å²) in [5.41, 5.74) is 6.16. The van der Waals surface area contributed by atoms with E-state index >= 15 is 0 Å². The Balaban J connectivity index is 1.67. The topological polar surface area (TPSA) is 38.8 Å². The summed E-state index contributed by atoms with van der Waals surface area (Å²) in [6, 6.07) is 10.5. The zero-order chi connectivity index (χ0) is 18.7. The van der Waals surface area contributed by atoms with Gasteiger partial charge in [0.1, 0.15) is 0 Å². The molecule has 0 aromatic heterocycles. The molecule has 0 aliphatic carbocycles. The number of carbonyl (C=O) groups is 1. The maximum absolute atomic E-state index is 12.7. The van der Waals surface area contributed by atoms with Crippen LogP contribution < -0.4 is 9.47 Å². The first-order valence-electron chi connectivity index (χ1n) is 9.09. The summed E-state index contributed by atoms with van der Waals surface area (Å²) in [5, 5.41) is 0. The fourth-order valence-corrected chi connectivity index (χ4v) is 3.62. The quantitative estimate of drug-likeness (QED) is 0.820. The molecule has 1 aliphatic heterocycles. The Morgan fingerprint density at radius 1 is 1.04 bits per heavy atom. The lowest BCUT2D eigenvalue weighted by Gasteiger charge is -2.30. The van der Waals surface area contributed by atoms with Crippen LogP contribution in [-0.2, 0) is 24.2 Å². The molecular weight excluding hydrogens is 326 g/mol. The number of hydrogen-bond acceptors (Lipinski definition) is 3. The Bertz CT molecular complexity index is 813. The van der Waals surface area contributed by atoms with Crippen molar-refractivity contribution in [1.82, 2.24) is 4.90 Å². The zero-order valence-electron chi connectivity index (χ0n) is 16.1. The van der Waals surface area contributed by atoms with Gasteiger partial charge in [-0.15, -0.1) is 0 Å². The molecule has 2 aromatic carbocycles. The van der Waals surface area contributed by atoms with Gasteiger partial charge in [-0.05, 0) is 61.1 Å². The molecule has 0 fully saturated rings. The molecule has 0 bridgehead atoms. The van der Waals surface area contributed by atoms with Gasteiger partial charge in [0.25, 0.3) is 0 Å². The summed E-state index contributed by atoms with van der Waals surface area (Å²) < 4.78 is 10.8. The van der Waals surface area contributed by atoms with Crippen molar-refractivity contribution < 1.29 is 14.3 Å². The summed E-state index contributed by atoms with van der Waals surface area (Å²) in [6.45, 7) is 5.61. The number of fused-ring (bicyclic) bond motifs is 1. The second kappa shape index (κ2) is 7.81. The SMILES string of the molecule is COc1cc2c(cc1OC)CN(C(=O)CCc1ccc(C)cc1C)CC2. The third-order valence-corrected chi connectivity index (χ3v) is 5.18. The number of ether oxygens (including phenoxy) is 2. The highest BCUT2D eigenvalue weighted by Crippen LogP contribution is 2.33. The summed E-state index contributed by atoms with van der Waals surface area (Å²) in [4.78, 5) is 14.7. The van der Waals surface area contributed by atoms with Gasteiger partial charge in [0.2, 0.25) is 5.91 Å². The van der Waals surface area contributed by atoms with Crippen molar-refractivity contribution in [2.75, 3.05) is 20.8 Å². The van der Waals surface area contributed by atoms with Gasteiger partial charge in [0.05, 0.1) is 14.2 Å². The lowest BCUT2D eigenvalue weighted by atomic mass is 9.97. The number of nitrogens with zero attached hydrogens (tertiary/aromatic N) is 1. The van der Waals surface area contributed by atoms with Crippen LogP contribution >= 0.6 is 0 Å². The first kappa shape index (κ1) is 18.3. The molecule has 0 radical (unpaired) electrons. The van der Waals surface area contributed by atoms with Crippen LogP contribution in [0.5, 0.6) is 11.5 Å². The fourth-order valence-electron chi connectivity index (χ4n) is 3.62. The van der Waals surface area contributed by atoms with Crippen LogP contribution in [0.3, 0.4) is 0 Å². The molecule has 0 saturated heterocycles. The molecule has 3 rings (SSSR count). The number of aryl methyl sites for hydroxylation is 3. The summed E-state index contributed by atoms with van der Waals surface area (Å²) >= 11 is 0. The van der Waals surface area contributed by atoms with Gasteiger partial charge in [0, 0.05) is 19.5 Å². The molecule has 4 heteroatoms. The third-order valence-electron chi connectivity index (χ3n) is 5.18. The number of hydrogen-bond donors (Lipinski definition) is 0. The Hall–Kier alpha value is -2.49. The van der Waals surface area contributed by atoms with Gasteiger partial charge in [-0.2, -0.15) is 0 Å². The van der Waals surface area contributed by atoms with Gasteiger partial charge in [-0.1, -0.05) is 23.8 Å². The monoisotopic (exact) mass is 353 g/mol. The maximum Gasteiger partial charge on any atom is 0.223 e. The van der Waals surface area contributed by atoms with Crippen LogP contribution in [0.25, 0.3) is 0 Å². The van der Waals surface area contributed by atoms with Crippen molar-refractivity contribution in [1.29, 1.82) is 0 Å². The molecule has 4 nitrogen and oxygen atoms in total. The van der Waals surface area contributed by atoms with Crippen LogP contribution in [0.4, 0.5) is 0 Å². The lowest BCUT2D eigenvalue weighted by Crippen LogP contribution is -2.36. The Kier molecular flexibility index (Phi) is 5.50. The van der Waals surface area contributed by atoms with E-state index in [-0.39, 0.29) is 5.91 Å². The minimum atomic E-state index is 0.213. The Labute approximate surface area is 155 Å². The van der Waals surface area contributed by atoms with Gasteiger partial charge in [0.15, 0.2) is 11.5 Å². The molecule has 1 aliphatic rings. The van der Waals surface area contributed by atoms with Crippen molar-refractivity contribution in [3.63, 3.8) is 0 Å². The van der Waals surface area contributed by atoms with E-state index in [0.717, 1.165) is 36.4 Å². The maximum atomic E-state index is 12.7. The number of benzene rings is 2. The summed E-state index contributed by atoms with van der Waals surface area (Å²) in [5.74, 6) is 1.68. The Morgan fingerprint density at radius 3 is 2.38 bits per heavy atom. The van der Waals surface area contributed by atoms with Gasteiger partial charge in [-0.3, -0.25) is 4.79 Å². The highest BCUT2D eigenvalue weighted by Gasteiger charge is 2.22. The highest BCUT2D eigenvalue weighted by atomic mass is 16.5. The van der Waals surface area contributed by atoms with E-state index in [2.05, 4.69) is 32.0 Å². The van der Waals surface area contributed by atoms with Crippen LogP contribution in [0.1, 0.15) is 34.2 Å². The van der Waals surface area contributed by atoms with E-state index in [1.165, 1.54) is 22.3 Å². The number of rotatable bonds is 5. The van der Waals surface area contributed by atoms with E-state index in [4.69, 9.17) is 9.47 Å². The van der Waals surface area contributed by atoms with Crippen molar-refractivity contribution in [2.24, 2.45) is 0 Å². The minimum Gasteiger partial charge on any atom is -0.493 e. The fraction of sp³-hybridized carbons (Fsp3) is 0.409. The molecule has 1 amide bonds. The molecule has 138 valence electrons. The highest BCUT2D eigenvalue weighted by molar-refractivity contribution is 5.77. The second-order valence-electron chi connectivity index (χ2n) is 6.97. The predicted octanol–water partition coefficient (Wildman–Crippen LogP) is 3.84. The zero-order valence-corrected chi connectivity index (χ0v) is 16.1. The molecule has 1 heterocycles. The number of methoxy groups -OCH3 is 2. The predicted molar refractivity (Wildman–Crippen MR) is 103 cm³/mol. The molecule has 0 spiro atoms. The van der Waals surface area contributed by atoms with Gasteiger partial charge in [-0.25, -0.2) is 0 Å². The normalized spacial score (nSPS) is 13.3. The number of carbonyl (C=O) groups excluding carboxylic acids is 1. The standard InChI is InChI=1S/C22H27NO3/c1-15-5-6-17(16(2)11-15)7-8-22(24)23-10-9-18-12-20(25-3)21(26-4)13-19(18)14-23/h5-6,11-13H,7-10,14H2,1-4H3. The summed E-state index contributed by atoms with van der Waals surface area (Å²) in [6.07, 6.45) is 2.19. The first-order valence-corrected chi connectivity index (χ1v) is 9.09. The molecule has 2 aromatic rings. The first-order chi connectivity index (χ1) is 12.5. The van der Waals surface area contributed by atoms with E-state index in [1.54, 1.807) is 14.2 Å². The molecule has 0 unspecified atom stereocenters. The van der Waals surface area contributed by atoms with Crippen LogP contribution in [0, 0.1) is 13.8 Å². The average molecular weight is 353 g/mol. The number of amides is 1. The molecule has 0 N–H and O–H groups in total. The van der Waals surface area contributed by atoms with E-state index in [1.807, 2.05) is 17.0 Å². The van der Waals surface area contributed by atoms with Crippen LogP contribution in [0.2, 0.25) is 0 Å².